The molecule has 1 heterocycles. The van der Waals surface area contributed by atoms with Gasteiger partial charge >= 0.3 is 0 Å². The van der Waals surface area contributed by atoms with Gasteiger partial charge in [-0.15, -0.1) is 0 Å². The van der Waals surface area contributed by atoms with E-state index >= 15 is 0 Å². The van der Waals surface area contributed by atoms with E-state index in [-0.39, 0.29) is 6.04 Å². The molecule has 2 aromatic carbocycles. The summed E-state index contributed by atoms with van der Waals surface area (Å²) in [6.45, 7) is 0. The second-order valence-corrected chi connectivity index (χ2v) is 4.65. The Kier molecular flexibility index (Phi) is 3.44. The molecule has 1 atom stereocenters. The predicted molar refractivity (Wildman–Crippen MR) is 80.1 cm³/mol. The molecule has 0 spiro atoms. The molecule has 20 heavy (non-hydrogen) atoms. The van der Waals surface area contributed by atoms with Gasteiger partial charge in [0.1, 0.15) is 11.3 Å². The van der Waals surface area contributed by atoms with Gasteiger partial charge in [-0.25, -0.2) is 0 Å². The SMILES string of the molecule is CNC(c1ccccc1OC)c1coc2ccccc12. The van der Waals surface area contributed by atoms with Crippen LogP contribution in [0.15, 0.2) is 59.2 Å². The van der Waals surface area contributed by atoms with Gasteiger partial charge in [0.25, 0.3) is 0 Å². The maximum atomic E-state index is 5.65. The van der Waals surface area contributed by atoms with Crippen molar-refractivity contribution >= 4 is 11.0 Å². The van der Waals surface area contributed by atoms with Crippen molar-refractivity contribution in [2.75, 3.05) is 14.2 Å². The molecule has 0 saturated heterocycles. The summed E-state index contributed by atoms with van der Waals surface area (Å²) in [5, 5.41) is 4.47. The molecule has 3 aromatic rings. The largest absolute Gasteiger partial charge is 0.496 e. The van der Waals surface area contributed by atoms with Gasteiger partial charge in [-0.3, -0.25) is 0 Å². The first-order chi connectivity index (χ1) is 9.85. The maximum Gasteiger partial charge on any atom is 0.134 e. The lowest BCUT2D eigenvalue weighted by Gasteiger charge is -2.18. The minimum Gasteiger partial charge on any atom is -0.496 e. The number of furan rings is 1. The summed E-state index contributed by atoms with van der Waals surface area (Å²) in [6, 6.07) is 16.1. The van der Waals surface area contributed by atoms with Crippen molar-refractivity contribution < 1.29 is 9.15 Å². The zero-order valence-electron chi connectivity index (χ0n) is 11.6. The highest BCUT2D eigenvalue weighted by atomic mass is 16.5. The third-order valence-corrected chi connectivity index (χ3v) is 3.56. The van der Waals surface area contributed by atoms with E-state index in [1.54, 1.807) is 7.11 Å². The van der Waals surface area contributed by atoms with Crippen molar-refractivity contribution in [3.8, 4) is 5.75 Å². The number of benzene rings is 2. The monoisotopic (exact) mass is 267 g/mol. The molecule has 0 aliphatic carbocycles. The second-order valence-electron chi connectivity index (χ2n) is 4.65. The molecule has 1 unspecified atom stereocenters. The van der Waals surface area contributed by atoms with Crippen LogP contribution in [0.3, 0.4) is 0 Å². The minimum atomic E-state index is 0.0369. The summed E-state index contributed by atoms with van der Waals surface area (Å²) in [4.78, 5) is 0. The zero-order chi connectivity index (χ0) is 13.9. The highest BCUT2D eigenvalue weighted by Crippen LogP contribution is 2.34. The Balaban J connectivity index is 2.14. The van der Waals surface area contributed by atoms with Crippen LogP contribution in [0.25, 0.3) is 11.0 Å². The Hall–Kier alpha value is -2.26. The molecule has 0 bridgehead atoms. The van der Waals surface area contributed by atoms with E-state index in [4.69, 9.17) is 9.15 Å². The first-order valence-corrected chi connectivity index (χ1v) is 6.61. The summed E-state index contributed by atoms with van der Waals surface area (Å²) in [6.07, 6.45) is 1.82. The van der Waals surface area contributed by atoms with Crippen LogP contribution in [0.1, 0.15) is 17.2 Å². The molecule has 0 fully saturated rings. The molecular weight excluding hydrogens is 250 g/mol. The summed E-state index contributed by atoms with van der Waals surface area (Å²) in [5.74, 6) is 0.872. The number of para-hydroxylation sites is 2. The lowest BCUT2D eigenvalue weighted by Crippen LogP contribution is -2.18. The lowest BCUT2D eigenvalue weighted by molar-refractivity contribution is 0.405. The van der Waals surface area contributed by atoms with Crippen molar-refractivity contribution in [1.29, 1.82) is 0 Å². The molecule has 0 aliphatic rings. The van der Waals surface area contributed by atoms with Crippen LogP contribution in [0.4, 0.5) is 0 Å². The van der Waals surface area contributed by atoms with E-state index in [9.17, 15) is 0 Å². The fourth-order valence-electron chi connectivity index (χ4n) is 2.61. The van der Waals surface area contributed by atoms with Crippen LogP contribution in [-0.4, -0.2) is 14.2 Å². The molecule has 3 rings (SSSR count). The zero-order valence-corrected chi connectivity index (χ0v) is 11.6. The lowest BCUT2D eigenvalue weighted by atomic mass is 9.97. The first kappa shape index (κ1) is 12.8. The molecule has 1 N–H and O–H groups in total. The van der Waals surface area contributed by atoms with Gasteiger partial charge in [0.15, 0.2) is 0 Å². The van der Waals surface area contributed by atoms with E-state index in [0.717, 1.165) is 27.8 Å². The van der Waals surface area contributed by atoms with Gasteiger partial charge in [0.2, 0.25) is 0 Å². The molecule has 0 amide bonds. The van der Waals surface area contributed by atoms with Crippen molar-refractivity contribution in [3.05, 3.63) is 65.9 Å². The molecule has 0 saturated carbocycles. The maximum absolute atomic E-state index is 5.65. The van der Waals surface area contributed by atoms with Crippen LogP contribution in [-0.2, 0) is 0 Å². The number of fused-ring (bicyclic) bond motifs is 1. The fourth-order valence-corrected chi connectivity index (χ4v) is 2.61. The van der Waals surface area contributed by atoms with Gasteiger partial charge in [-0.1, -0.05) is 36.4 Å². The Morgan fingerprint density at radius 3 is 2.55 bits per heavy atom. The quantitative estimate of drug-likeness (QED) is 0.781. The second kappa shape index (κ2) is 5.39. The standard InChI is InChI=1S/C17H17NO2/c1-18-17(13-8-4-5-9-15(13)19-2)14-11-20-16-10-6-3-7-12(14)16/h3-11,17-18H,1-2H3. The van der Waals surface area contributed by atoms with E-state index in [2.05, 4.69) is 17.4 Å². The molecular formula is C17H17NO2. The summed E-state index contributed by atoms with van der Waals surface area (Å²) >= 11 is 0. The van der Waals surface area contributed by atoms with E-state index in [1.165, 1.54) is 0 Å². The van der Waals surface area contributed by atoms with Crippen molar-refractivity contribution in [2.45, 2.75) is 6.04 Å². The number of hydrogen-bond donors (Lipinski definition) is 1. The first-order valence-electron chi connectivity index (χ1n) is 6.61. The van der Waals surface area contributed by atoms with Crippen molar-refractivity contribution in [3.63, 3.8) is 0 Å². The average Bonchev–Trinajstić information content (AvgIpc) is 2.93. The molecule has 102 valence electrons. The number of nitrogens with one attached hydrogen (secondary N) is 1. The summed E-state index contributed by atoms with van der Waals surface area (Å²) in [5.41, 5.74) is 3.12. The van der Waals surface area contributed by atoms with Crippen molar-refractivity contribution in [1.82, 2.24) is 5.32 Å². The van der Waals surface area contributed by atoms with E-state index in [1.807, 2.05) is 49.7 Å². The Morgan fingerprint density at radius 2 is 1.75 bits per heavy atom. The third kappa shape index (κ3) is 2.06. The Morgan fingerprint density at radius 1 is 1.00 bits per heavy atom. The molecule has 3 nitrogen and oxygen atoms in total. The highest BCUT2D eigenvalue weighted by Gasteiger charge is 2.20. The van der Waals surface area contributed by atoms with Gasteiger partial charge in [-0.2, -0.15) is 0 Å². The molecule has 0 aliphatic heterocycles. The van der Waals surface area contributed by atoms with Gasteiger partial charge < -0.3 is 14.5 Å². The Bertz CT molecular complexity index is 718. The van der Waals surface area contributed by atoms with E-state index < -0.39 is 0 Å². The number of ether oxygens (including phenoxy) is 1. The van der Waals surface area contributed by atoms with Crippen LogP contribution in [0.2, 0.25) is 0 Å². The number of hydrogen-bond acceptors (Lipinski definition) is 3. The van der Waals surface area contributed by atoms with Crippen LogP contribution in [0.5, 0.6) is 5.75 Å². The Labute approximate surface area is 118 Å². The van der Waals surface area contributed by atoms with Gasteiger partial charge in [-0.05, 0) is 19.2 Å². The van der Waals surface area contributed by atoms with E-state index in [0.29, 0.717) is 0 Å². The summed E-state index contributed by atoms with van der Waals surface area (Å²) in [7, 11) is 3.64. The van der Waals surface area contributed by atoms with Crippen molar-refractivity contribution in [2.24, 2.45) is 0 Å². The molecule has 1 aromatic heterocycles. The third-order valence-electron chi connectivity index (χ3n) is 3.56. The molecule has 3 heteroatoms. The minimum absolute atomic E-state index is 0.0369. The van der Waals surface area contributed by atoms with Gasteiger partial charge in [0.05, 0.1) is 19.4 Å². The van der Waals surface area contributed by atoms with Crippen LogP contribution in [0, 0.1) is 0 Å². The highest BCUT2D eigenvalue weighted by molar-refractivity contribution is 5.82. The normalized spacial score (nSPS) is 12.5. The topological polar surface area (TPSA) is 34.4 Å². The fraction of sp³-hybridized carbons (Fsp3) is 0.176. The number of rotatable bonds is 4. The number of methoxy groups -OCH3 is 1. The van der Waals surface area contributed by atoms with Crippen LogP contribution >= 0.6 is 0 Å². The summed E-state index contributed by atoms with van der Waals surface area (Å²) < 4.78 is 11.1. The smallest absolute Gasteiger partial charge is 0.134 e. The molecule has 0 radical (unpaired) electrons. The average molecular weight is 267 g/mol. The van der Waals surface area contributed by atoms with Gasteiger partial charge in [0, 0.05) is 16.5 Å². The van der Waals surface area contributed by atoms with Crippen LogP contribution < -0.4 is 10.1 Å². The predicted octanol–water partition coefficient (Wildman–Crippen LogP) is 3.75.